The minimum Gasteiger partial charge on any atom is -1.00 e. The average Bonchev–Trinajstić information content (AvgIpc) is 1.65. The molecule has 0 unspecified atom stereocenters. The van der Waals surface area contributed by atoms with E-state index in [0.717, 1.165) is 25.7 Å². The quantitative estimate of drug-likeness (QED) is 0.362. The molecule has 1 rings (SSSR count). The van der Waals surface area contributed by atoms with Crippen molar-refractivity contribution in [1.82, 2.24) is 0 Å². The first-order valence-electron chi connectivity index (χ1n) is 3.41. The van der Waals surface area contributed by atoms with Gasteiger partial charge in [-0.15, -0.1) is 5.60 Å². The van der Waals surface area contributed by atoms with Crippen LogP contribution in [0.15, 0.2) is 0 Å². The Morgan fingerprint density at radius 1 is 1.10 bits per heavy atom. The molecular weight excluding hydrogens is 143 g/mol. The van der Waals surface area contributed by atoms with Crippen molar-refractivity contribution < 1.29 is 9.81 Å². The summed E-state index contributed by atoms with van der Waals surface area (Å²) in [5.41, 5.74) is -0.571. The van der Waals surface area contributed by atoms with Gasteiger partial charge >= 0.3 is 23.1 Å². The predicted molar refractivity (Wildman–Crippen MR) is 37.2 cm³/mol. The van der Waals surface area contributed by atoms with E-state index < -0.39 is 5.60 Å². The largest absolute Gasteiger partial charge is 2.00 e. The molecule has 0 amide bonds. The summed E-state index contributed by atoms with van der Waals surface area (Å²) in [7, 11) is 0. The summed E-state index contributed by atoms with van der Waals surface area (Å²) >= 11 is 0. The summed E-state index contributed by atoms with van der Waals surface area (Å²) in [6.45, 7) is 1.83. The summed E-state index contributed by atoms with van der Waals surface area (Å²) < 4.78 is 0. The maximum absolute atomic E-state index is 11.1. The van der Waals surface area contributed by atoms with E-state index in [4.69, 9.17) is 0 Å². The first kappa shape index (κ1) is 13.3. The second-order valence-electron chi connectivity index (χ2n) is 3.01. The van der Waals surface area contributed by atoms with Crippen molar-refractivity contribution in [1.29, 1.82) is 0 Å². The summed E-state index contributed by atoms with van der Waals surface area (Å²) in [5.74, 6) is 0. The van der Waals surface area contributed by atoms with E-state index in [1.807, 2.05) is 6.92 Å². The Morgan fingerprint density at radius 2 is 1.50 bits per heavy atom. The van der Waals surface area contributed by atoms with Crippen LogP contribution in [0.25, 0.3) is 0 Å². The molecule has 1 nitrogen and oxygen atoms in total. The van der Waals surface area contributed by atoms with Crippen molar-refractivity contribution in [2.24, 2.45) is 0 Å². The fourth-order valence-corrected chi connectivity index (χ4v) is 1.30. The average molecular weight is 156 g/mol. The summed E-state index contributed by atoms with van der Waals surface area (Å²) in [6, 6.07) is 0. The van der Waals surface area contributed by atoms with Gasteiger partial charge in [-0.2, -0.15) is 0 Å². The van der Waals surface area contributed by atoms with Gasteiger partial charge in [-0.25, -0.2) is 0 Å². The van der Waals surface area contributed by atoms with E-state index in [1.165, 1.54) is 6.42 Å². The van der Waals surface area contributed by atoms with Gasteiger partial charge in [0.15, 0.2) is 0 Å². The third-order valence-electron chi connectivity index (χ3n) is 1.91. The Labute approximate surface area is 77.7 Å². The van der Waals surface area contributed by atoms with Crippen molar-refractivity contribution in [3.63, 3.8) is 0 Å². The Kier molecular flexibility index (Phi) is 7.06. The van der Waals surface area contributed by atoms with E-state index in [9.17, 15) is 5.11 Å². The molecule has 10 heavy (non-hydrogen) atoms. The first-order valence-corrected chi connectivity index (χ1v) is 3.41. The molecule has 0 aromatic carbocycles. The zero-order valence-corrected chi connectivity index (χ0v) is 7.94. The van der Waals surface area contributed by atoms with Crippen molar-refractivity contribution in [2.45, 2.75) is 44.6 Å². The predicted octanol–water partition coefficient (Wildman–Crippen LogP) is -2.31. The number of hydrogen-bond acceptors (Lipinski definition) is 1. The summed E-state index contributed by atoms with van der Waals surface area (Å²) in [6.07, 6.45) is 5.37. The molecule has 0 heterocycles. The first-order chi connectivity index (χ1) is 3.71. The van der Waals surface area contributed by atoms with Gasteiger partial charge in [0, 0.05) is 0 Å². The molecule has 0 aromatic heterocycles. The van der Waals surface area contributed by atoms with E-state index in [0.29, 0.717) is 0 Å². The number of halogens is 1. The van der Waals surface area contributed by atoms with E-state index in [2.05, 4.69) is 0 Å². The third-order valence-corrected chi connectivity index (χ3v) is 1.91. The van der Waals surface area contributed by atoms with Crippen LogP contribution in [-0.2, 0) is 0 Å². The van der Waals surface area contributed by atoms with Crippen LogP contribution in [0.5, 0.6) is 0 Å². The van der Waals surface area contributed by atoms with Crippen molar-refractivity contribution in [3.8, 4) is 0 Å². The minimum atomic E-state index is -0.571. The molecule has 0 atom stereocenters. The van der Waals surface area contributed by atoms with Gasteiger partial charge < -0.3 is 9.81 Å². The number of rotatable bonds is 0. The Balaban J connectivity index is 0. The van der Waals surface area contributed by atoms with Crippen LogP contribution in [0.2, 0.25) is 0 Å². The SMILES string of the molecule is CC1([O-])CCCCC1.[F-].[Mg+2]. The fourth-order valence-electron chi connectivity index (χ4n) is 1.30. The molecule has 0 aromatic rings. The Bertz CT molecular complexity index is 77.7. The molecule has 1 fully saturated rings. The molecule has 1 aliphatic carbocycles. The van der Waals surface area contributed by atoms with Gasteiger partial charge in [0.25, 0.3) is 0 Å². The van der Waals surface area contributed by atoms with Gasteiger partial charge in [0.2, 0.25) is 0 Å². The zero-order chi connectivity index (χ0) is 6.04. The summed E-state index contributed by atoms with van der Waals surface area (Å²) in [4.78, 5) is 0. The second kappa shape index (κ2) is 5.33. The van der Waals surface area contributed by atoms with Crippen molar-refractivity contribution in [3.05, 3.63) is 0 Å². The fraction of sp³-hybridized carbons (Fsp3) is 1.00. The van der Waals surface area contributed by atoms with Crippen LogP contribution in [0.3, 0.4) is 0 Å². The maximum Gasteiger partial charge on any atom is 2.00 e. The molecule has 0 bridgehead atoms. The van der Waals surface area contributed by atoms with Crippen LogP contribution in [0.4, 0.5) is 0 Å². The van der Waals surface area contributed by atoms with Gasteiger partial charge in [0.05, 0.1) is 0 Å². The molecular formula is C7H13FMgO. The smallest absolute Gasteiger partial charge is 1.00 e. The van der Waals surface area contributed by atoms with Crippen LogP contribution < -0.4 is 9.81 Å². The molecule has 0 saturated heterocycles. The molecule has 0 N–H and O–H groups in total. The monoisotopic (exact) mass is 156 g/mol. The molecule has 56 valence electrons. The molecule has 0 aliphatic heterocycles. The van der Waals surface area contributed by atoms with Crippen LogP contribution in [0, 0.1) is 0 Å². The maximum atomic E-state index is 11.1. The molecule has 0 radical (unpaired) electrons. The van der Waals surface area contributed by atoms with Crippen LogP contribution >= 0.6 is 0 Å². The topological polar surface area (TPSA) is 23.1 Å². The van der Waals surface area contributed by atoms with Gasteiger partial charge in [-0.05, 0) is 0 Å². The van der Waals surface area contributed by atoms with E-state index in [1.54, 1.807) is 0 Å². The Hall–Kier alpha value is 0.656. The van der Waals surface area contributed by atoms with Crippen molar-refractivity contribution >= 4 is 23.1 Å². The standard InChI is InChI=1S/C7H13O.FH.Mg/c1-7(8)5-3-2-4-6-7;;/h2-6H2,1H3;1H;/q-1;;+2/p-1. The molecule has 3 heteroatoms. The molecule has 1 aliphatic rings. The minimum absolute atomic E-state index is 0. The van der Waals surface area contributed by atoms with Crippen LogP contribution in [-0.4, -0.2) is 28.7 Å². The molecule has 1 saturated carbocycles. The third kappa shape index (κ3) is 4.47. The van der Waals surface area contributed by atoms with Crippen LogP contribution in [0.1, 0.15) is 39.0 Å². The second-order valence-corrected chi connectivity index (χ2v) is 3.01. The molecule has 0 spiro atoms. The number of hydrogen-bond donors (Lipinski definition) is 0. The normalized spacial score (nSPS) is 22.2. The summed E-state index contributed by atoms with van der Waals surface area (Å²) in [5, 5.41) is 11.1. The van der Waals surface area contributed by atoms with Gasteiger partial charge in [0.1, 0.15) is 0 Å². The van der Waals surface area contributed by atoms with Gasteiger partial charge in [-0.1, -0.05) is 39.0 Å². The van der Waals surface area contributed by atoms with Crippen molar-refractivity contribution in [2.75, 3.05) is 0 Å². The Morgan fingerprint density at radius 3 is 1.70 bits per heavy atom. The van der Waals surface area contributed by atoms with Gasteiger partial charge in [-0.3, -0.25) is 0 Å². The van der Waals surface area contributed by atoms with E-state index >= 15 is 0 Å². The van der Waals surface area contributed by atoms with E-state index in [-0.39, 0.29) is 27.8 Å². The zero-order valence-electron chi connectivity index (χ0n) is 6.53.